The summed E-state index contributed by atoms with van der Waals surface area (Å²) >= 11 is 0. The lowest BCUT2D eigenvalue weighted by atomic mass is 9.89. The van der Waals surface area contributed by atoms with Crippen molar-refractivity contribution >= 4 is 18.7 Å². The Morgan fingerprint density at radius 2 is 1.67 bits per heavy atom. The molecule has 1 aliphatic heterocycles. The highest BCUT2D eigenvalue weighted by atomic mass is 28.4. The van der Waals surface area contributed by atoms with Crippen LogP contribution in [0.5, 0.6) is 0 Å². The van der Waals surface area contributed by atoms with Crippen LogP contribution < -0.4 is 10.4 Å². The Hall–Kier alpha value is -2.19. The fourth-order valence-corrected chi connectivity index (χ4v) is 8.46. The molecule has 0 aromatic heterocycles. The molecule has 1 aliphatic rings. The summed E-state index contributed by atoms with van der Waals surface area (Å²) in [5.41, 5.74) is 9.05. The van der Waals surface area contributed by atoms with Crippen molar-refractivity contribution in [3.05, 3.63) is 71.1 Å². The minimum atomic E-state index is -3.21. The van der Waals surface area contributed by atoms with Gasteiger partial charge in [-0.25, -0.2) is 0 Å². The summed E-state index contributed by atoms with van der Waals surface area (Å²) in [4.78, 5) is 15.2. The third kappa shape index (κ3) is 4.16. The van der Waals surface area contributed by atoms with E-state index in [1.807, 2.05) is 74.5 Å². The predicted octanol–water partition coefficient (Wildman–Crippen LogP) is 1.96. The molecule has 1 saturated heterocycles. The Balaban J connectivity index is 1.99. The fourth-order valence-electron chi connectivity index (χ4n) is 4.65. The van der Waals surface area contributed by atoms with E-state index in [9.17, 15) is 15.0 Å². The second kappa shape index (κ2) is 9.30. The Kier molecular flexibility index (Phi) is 6.97. The van der Waals surface area contributed by atoms with E-state index >= 15 is 0 Å². The first-order chi connectivity index (χ1) is 14.3. The Morgan fingerprint density at radius 3 is 2.13 bits per heavy atom. The predicted molar refractivity (Wildman–Crippen MR) is 118 cm³/mol. The van der Waals surface area contributed by atoms with Crippen LogP contribution in [-0.4, -0.2) is 54.8 Å². The lowest BCUT2D eigenvalue weighted by Crippen LogP contribution is -2.65. The molecule has 0 aliphatic carbocycles. The largest absolute Gasteiger partial charge is 0.424 e. The lowest BCUT2D eigenvalue weighted by Gasteiger charge is -2.43. The van der Waals surface area contributed by atoms with Crippen LogP contribution in [0.25, 0.3) is 10.4 Å². The van der Waals surface area contributed by atoms with Gasteiger partial charge in [0.2, 0.25) is 0 Å². The van der Waals surface area contributed by atoms with E-state index in [2.05, 4.69) is 10.0 Å². The van der Waals surface area contributed by atoms with Crippen LogP contribution in [0.4, 0.5) is 0 Å². The summed E-state index contributed by atoms with van der Waals surface area (Å²) in [5, 5.41) is 24.6. The first-order valence-corrected chi connectivity index (χ1v) is 12.1. The number of azide groups is 1. The molecule has 0 radical (unpaired) electrons. The second-order valence-corrected chi connectivity index (χ2v) is 12.5. The normalized spacial score (nSPS) is 23.0. The van der Waals surface area contributed by atoms with Crippen molar-refractivity contribution in [2.75, 3.05) is 13.2 Å². The lowest BCUT2D eigenvalue weighted by molar-refractivity contribution is -0.0331. The smallest absolute Gasteiger partial charge is 0.258 e. The molecule has 0 spiro atoms. The Morgan fingerprint density at radius 1 is 1.13 bits per heavy atom. The van der Waals surface area contributed by atoms with Crippen molar-refractivity contribution in [3.63, 3.8) is 0 Å². The first-order valence-electron chi connectivity index (χ1n) is 10.1. The molecule has 0 saturated carbocycles. The molecule has 0 bridgehead atoms. The van der Waals surface area contributed by atoms with Gasteiger partial charge in [0.15, 0.2) is 0 Å². The average Bonchev–Trinajstić information content (AvgIpc) is 3.15. The summed E-state index contributed by atoms with van der Waals surface area (Å²) < 4.78 is 5.71. The van der Waals surface area contributed by atoms with Crippen LogP contribution in [0.3, 0.4) is 0 Å². The van der Waals surface area contributed by atoms with Gasteiger partial charge in [0.25, 0.3) is 8.32 Å². The van der Waals surface area contributed by atoms with E-state index in [-0.39, 0.29) is 5.92 Å². The molecule has 0 unspecified atom stereocenters. The molecule has 160 valence electrons. The van der Waals surface area contributed by atoms with Crippen LogP contribution in [0, 0.1) is 5.92 Å². The summed E-state index contributed by atoms with van der Waals surface area (Å²) in [6.07, 6.45) is -1.33. The zero-order valence-electron chi connectivity index (χ0n) is 17.3. The molecule has 3 rings (SSSR count). The van der Waals surface area contributed by atoms with Gasteiger partial charge in [0.1, 0.15) is 6.10 Å². The third-order valence-corrected chi connectivity index (χ3v) is 10.7. The van der Waals surface area contributed by atoms with E-state index in [4.69, 9.17) is 10.3 Å². The minimum Gasteiger partial charge on any atom is -0.424 e. The quantitative estimate of drug-likeness (QED) is 0.258. The highest BCUT2D eigenvalue weighted by Gasteiger charge is 2.53. The average molecular weight is 428 g/mol. The van der Waals surface area contributed by atoms with Crippen molar-refractivity contribution in [1.82, 2.24) is 0 Å². The van der Waals surface area contributed by atoms with E-state index < -0.39 is 38.2 Å². The van der Waals surface area contributed by atoms with Crippen molar-refractivity contribution in [1.29, 1.82) is 0 Å². The number of nitrogens with zero attached hydrogens (tertiary/aromatic N) is 3. The van der Waals surface area contributed by atoms with E-state index in [1.54, 1.807) is 0 Å². The summed E-state index contributed by atoms with van der Waals surface area (Å²) in [5.74, 6) is -0.187. The van der Waals surface area contributed by atoms with E-state index in [1.165, 1.54) is 0 Å². The fraction of sp³-hybridized carbons (Fsp3) is 0.455. The van der Waals surface area contributed by atoms with Gasteiger partial charge in [-0.15, -0.1) is 0 Å². The Labute approximate surface area is 177 Å². The first kappa shape index (κ1) is 22.5. The molecule has 0 amide bonds. The number of aliphatic hydroxyl groups excluding tert-OH is 2. The zero-order valence-corrected chi connectivity index (χ0v) is 18.3. The van der Waals surface area contributed by atoms with Gasteiger partial charge < -0.3 is 19.7 Å². The highest BCUT2D eigenvalue weighted by Crippen LogP contribution is 2.45. The molecule has 1 heterocycles. The second-order valence-electron chi connectivity index (χ2n) is 8.53. The van der Waals surface area contributed by atoms with Crippen LogP contribution in [-0.2, 0) is 4.74 Å². The number of ether oxygens (including phenoxy) is 1. The molecule has 3 N–H and O–H groups in total. The van der Waals surface area contributed by atoms with Crippen LogP contribution >= 0.6 is 0 Å². The van der Waals surface area contributed by atoms with Crippen LogP contribution in [0.1, 0.15) is 20.3 Å². The molecule has 7 nitrogen and oxygen atoms in total. The minimum absolute atomic E-state index is 0.187. The van der Waals surface area contributed by atoms with Crippen molar-refractivity contribution in [3.8, 4) is 0 Å². The number of hydrogen-bond acceptors (Lipinski definition) is 5. The van der Waals surface area contributed by atoms with Gasteiger partial charge >= 0.3 is 0 Å². The molecule has 30 heavy (non-hydrogen) atoms. The molecule has 4 atom stereocenters. The highest BCUT2D eigenvalue weighted by molar-refractivity contribution is 6.98. The van der Waals surface area contributed by atoms with Gasteiger partial charge in [-0.2, -0.15) is 0 Å². The van der Waals surface area contributed by atoms with Crippen molar-refractivity contribution in [2.24, 2.45) is 11.0 Å². The van der Waals surface area contributed by atoms with Crippen LogP contribution in [0.2, 0.25) is 5.04 Å². The molecule has 8 heteroatoms. The SMILES string of the molecule is CC(C)(C[C@H]1CO[C@H]([C@@H](O)CO)[C@@H]1N=[N+]=[N-])[Si](O)(c1ccccc1)c1ccccc1. The standard InChI is InChI=1S/C22H29N3O4Si/c1-22(2,13-16-15-29-21(19(27)14-26)20(16)24-25-23)30(28,17-9-5-3-6-10-17)18-11-7-4-8-12-18/h3-12,16,19-21,26-28H,13-15H2,1-2H3/t16-,19-,20+,21+/m0/s1. The molecule has 1 fully saturated rings. The van der Waals surface area contributed by atoms with Gasteiger partial charge in [-0.1, -0.05) is 79.6 Å². The maximum absolute atomic E-state index is 12.3. The Bertz CT molecular complexity index is 835. The molecule has 2 aromatic carbocycles. The third-order valence-electron chi connectivity index (χ3n) is 6.21. The number of benzene rings is 2. The number of rotatable bonds is 8. The summed E-state index contributed by atoms with van der Waals surface area (Å²) in [6.45, 7) is 3.91. The van der Waals surface area contributed by atoms with Crippen LogP contribution in [0.15, 0.2) is 65.8 Å². The van der Waals surface area contributed by atoms with Gasteiger partial charge in [0.05, 0.1) is 25.4 Å². The molecule has 2 aromatic rings. The molecular formula is C22H29N3O4Si. The maximum Gasteiger partial charge on any atom is 0.258 e. The van der Waals surface area contributed by atoms with E-state index in [0.29, 0.717) is 13.0 Å². The van der Waals surface area contributed by atoms with Crippen molar-refractivity contribution in [2.45, 2.75) is 43.6 Å². The van der Waals surface area contributed by atoms with Crippen molar-refractivity contribution < 1.29 is 19.7 Å². The number of aliphatic hydroxyl groups is 2. The maximum atomic E-state index is 12.3. The van der Waals surface area contributed by atoms with E-state index in [0.717, 1.165) is 10.4 Å². The zero-order chi connectivity index (χ0) is 21.8. The number of hydrogen-bond donors (Lipinski definition) is 3. The topological polar surface area (TPSA) is 119 Å². The summed E-state index contributed by atoms with van der Waals surface area (Å²) in [6, 6.07) is 18.8. The van der Waals surface area contributed by atoms with Gasteiger partial charge in [-0.3, -0.25) is 0 Å². The van der Waals surface area contributed by atoms with Gasteiger partial charge in [0, 0.05) is 4.91 Å². The monoisotopic (exact) mass is 427 g/mol. The molecular weight excluding hydrogens is 398 g/mol. The summed E-state index contributed by atoms with van der Waals surface area (Å²) in [7, 11) is -3.21. The van der Waals surface area contributed by atoms with Gasteiger partial charge in [-0.05, 0) is 33.3 Å².